The Bertz CT molecular complexity index is 350. The minimum atomic E-state index is -0.723. The maximum Gasteiger partial charge on any atom is 0.132 e. The average Bonchev–Trinajstić information content (AvgIpc) is 2.28. The van der Waals surface area contributed by atoms with Crippen LogP contribution in [0.5, 0.6) is 5.75 Å². The molecular weight excluding hydrogens is 219 g/mol. The van der Waals surface area contributed by atoms with Crippen molar-refractivity contribution in [1.82, 2.24) is 0 Å². The molecule has 0 saturated heterocycles. The van der Waals surface area contributed by atoms with Gasteiger partial charge in [-0.15, -0.1) is 0 Å². The van der Waals surface area contributed by atoms with E-state index in [0.29, 0.717) is 23.7 Å². The van der Waals surface area contributed by atoms with E-state index in [1.54, 1.807) is 12.1 Å². The van der Waals surface area contributed by atoms with Gasteiger partial charge in [0.25, 0.3) is 0 Å². The predicted octanol–water partition coefficient (Wildman–Crippen LogP) is 3.69. The van der Waals surface area contributed by atoms with E-state index in [1.807, 2.05) is 0 Å². The van der Waals surface area contributed by atoms with E-state index in [-0.39, 0.29) is 0 Å². The number of aliphatic hydroxyl groups is 1. The topological polar surface area (TPSA) is 29.5 Å². The van der Waals surface area contributed by atoms with Crippen LogP contribution >= 0.6 is 0 Å². The third kappa shape index (κ3) is 4.35. The summed E-state index contributed by atoms with van der Waals surface area (Å²) in [6.45, 7) is 4.28. The van der Waals surface area contributed by atoms with Crippen LogP contribution in [0.1, 0.15) is 44.8 Å². The fourth-order valence-corrected chi connectivity index (χ4v) is 1.78. The normalized spacial score (nSPS) is 12.8. The molecule has 96 valence electrons. The summed E-state index contributed by atoms with van der Waals surface area (Å²) in [7, 11) is 1.49. The fraction of sp³-hybridized carbons (Fsp3) is 0.571. The highest BCUT2D eigenvalue weighted by Crippen LogP contribution is 2.25. The molecule has 0 spiro atoms. The third-order valence-electron chi connectivity index (χ3n) is 2.83. The Hall–Kier alpha value is -1.09. The predicted molar refractivity (Wildman–Crippen MR) is 66.6 cm³/mol. The zero-order valence-electron chi connectivity index (χ0n) is 10.7. The van der Waals surface area contributed by atoms with Gasteiger partial charge in [-0.25, -0.2) is 4.39 Å². The summed E-state index contributed by atoms with van der Waals surface area (Å²) >= 11 is 0. The Balaban J connectivity index is 2.59. The lowest BCUT2D eigenvalue weighted by molar-refractivity contribution is 0.157. The van der Waals surface area contributed by atoms with Crippen LogP contribution < -0.4 is 4.74 Å². The largest absolute Gasteiger partial charge is 0.497 e. The van der Waals surface area contributed by atoms with E-state index >= 15 is 0 Å². The van der Waals surface area contributed by atoms with Gasteiger partial charge in [-0.1, -0.05) is 26.7 Å². The van der Waals surface area contributed by atoms with Crippen molar-refractivity contribution in [2.45, 2.75) is 39.2 Å². The van der Waals surface area contributed by atoms with E-state index < -0.39 is 11.9 Å². The number of benzene rings is 1. The molecule has 1 unspecified atom stereocenters. The number of ether oxygens (including phenoxy) is 1. The van der Waals surface area contributed by atoms with Crippen molar-refractivity contribution in [3.8, 4) is 5.75 Å². The summed E-state index contributed by atoms with van der Waals surface area (Å²) in [5.41, 5.74) is 0.356. The van der Waals surface area contributed by atoms with Gasteiger partial charge in [0, 0.05) is 11.6 Å². The number of hydrogen-bond acceptors (Lipinski definition) is 2. The average molecular weight is 240 g/mol. The molecule has 0 radical (unpaired) electrons. The van der Waals surface area contributed by atoms with Crippen molar-refractivity contribution < 1.29 is 14.2 Å². The molecule has 3 heteroatoms. The Morgan fingerprint density at radius 3 is 2.53 bits per heavy atom. The molecule has 17 heavy (non-hydrogen) atoms. The highest BCUT2D eigenvalue weighted by molar-refractivity contribution is 5.30. The first-order valence-electron chi connectivity index (χ1n) is 6.06. The smallest absolute Gasteiger partial charge is 0.132 e. The van der Waals surface area contributed by atoms with Gasteiger partial charge < -0.3 is 9.84 Å². The van der Waals surface area contributed by atoms with Crippen LogP contribution in [-0.2, 0) is 0 Å². The molecule has 1 N–H and O–H groups in total. The summed E-state index contributed by atoms with van der Waals surface area (Å²) in [4.78, 5) is 0. The van der Waals surface area contributed by atoms with Crippen molar-refractivity contribution in [2.75, 3.05) is 7.11 Å². The van der Waals surface area contributed by atoms with Crippen LogP contribution in [0, 0.1) is 11.7 Å². The maximum absolute atomic E-state index is 13.6. The third-order valence-corrected chi connectivity index (χ3v) is 2.83. The lowest BCUT2D eigenvalue weighted by Crippen LogP contribution is -2.02. The van der Waals surface area contributed by atoms with Crippen LogP contribution in [-0.4, -0.2) is 12.2 Å². The van der Waals surface area contributed by atoms with Gasteiger partial charge in [0.2, 0.25) is 0 Å². The van der Waals surface area contributed by atoms with E-state index in [2.05, 4.69) is 13.8 Å². The molecule has 0 aliphatic carbocycles. The van der Waals surface area contributed by atoms with Gasteiger partial charge in [0.1, 0.15) is 11.6 Å². The van der Waals surface area contributed by atoms with Gasteiger partial charge in [0.15, 0.2) is 0 Å². The molecule has 0 bridgehead atoms. The van der Waals surface area contributed by atoms with E-state index in [4.69, 9.17) is 4.74 Å². The minimum Gasteiger partial charge on any atom is -0.497 e. The van der Waals surface area contributed by atoms with Gasteiger partial charge in [0.05, 0.1) is 13.2 Å². The van der Waals surface area contributed by atoms with Gasteiger partial charge in [-0.05, 0) is 24.5 Å². The molecule has 1 aromatic carbocycles. The highest BCUT2D eigenvalue weighted by atomic mass is 19.1. The summed E-state index contributed by atoms with van der Waals surface area (Å²) < 4.78 is 18.6. The lowest BCUT2D eigenvalue weighted by Gasteiger charge is -2.13. The van der Waals surface area contributed by atoms with Crippen molar-refractivity contribution in [1.29, 1.82) is 0 Å². The first kappa shape index (κ1) is 14.0. The molecule has 0 heterocycles. The van der Waals surface area contributed by atoms with Gasteiger partial charge >= 0.3 is 0 Å². The molecule has 0 aromatic heterocycles. The molecule has 2 nitrogen and oxygen atoms in total. The zero-order valence-corrected chi connectivity index (χ0v) is 10.7. The van der Waals surface area contributed by atoms with Crippen LogP contribution in [0.4, 0.5) is 4.39 Å². The quantitative estimate of drug-likeness (QED) is 0.821. The first-order chi connectivity index (χ1) is 8.04. The molecular formula is C14H21FO2. The number of hydrogen-bond donors (Lipinski definition) is 1. The summed E-state index contributed by atoms with van der Waals surface area (Å²) in [5, 5.41) is 9.90. The SMILES string of the molecule is COc1ccc(C(O)CCCC(C)C)c(F)c1. The molecule has 0 fully saturated rings. The summed E-state index contributed by atoms with van der Waals surface area (Å²) in [6, 6.07) is 4.57. The second kappa shape index (κ2) is 6.60. The molecule has 1 rings (SSSR count). The van der Waals surface area contributed by atoms with E-state index in [9.17, 15) is 9.50 Å². The van der Waals surface area contributed by atoms with Crippen LogP contribution in [0.3, 0.4) is 0 Å². The van der Waals surface area contributed by atoms with Crippen LogP contribution in [0.2, 0.25) is 0 Å². The summed E-state index contributed by atoms with van der Waals surface area (Å²) in [6.07, 6.45) is 1.83. The van der Waals surface area contributed by atoms with E-state index in [0.717, 1.165) is 12.8 Å². The Kier molecular flexibility index (Phi) is 5.42. The number of rotatable bonds is 6. The zero-order chi connectivity index (χ0) is 12.8. The van der Waals surface area contributed by atoms with Crippen molar-refractivity contribution in [2.24, 2.45) is 5.92 Å². The van der Waals surface area contributed by atoms with Crippen LogP contribution in [0.15, 0.2) is 18.2 Å². The second-order valence-electron chi connectivity index (χ2n) is 4.73. The van der Waals surface area contributed by atoms with Crippen LogP contribution in [0.25, 0.3) is 0 Å². The molecule has 1 aromatic rings. The number of halogens is 1. The molecule has 0 aliphatic heterocycles. The molecule has 0 saturated carbocycles. The first-order valence-corrected chi connectivity index (χ1v) is 6.06. The Labute approximate surface area is 102 Å². The summed E-state index contributed by atoms with van der Waals surface area (Å²) in [5.74, 6) is 0.685. The van der Waals surface area contributed by atoms with E-state index in [1.165, 1.54) is 13.2 Å². The monoisotopic (exact) mass is 240 g/mol. The van der Waals surface area contributed by atoms with Crippen molar-refractivity contribution in [3.05, 3.63) is 29.6 Å². The molecule has 1 atom stereocenters. The second-order valence-corrected chi connectivity index (χ2v) is 4.73. The maximum atomic E-state index is 13.6. The van der Waals surface area contributed by atoms with Gasteiger partial charge in [-0.3, -0.25) is 0 Å². The fourth-order valence-electron chi connectivity index (χ4n) is 1.78. The van der Waals surface area contributed by atoms with Crippen molar-refractivity contribution >= 4 is 0 Å². The van der Waals surface area contributed by atoms with Gasteiger partial charge in [-0.2, -0.15) is 0 Å². The minimum absolute atomic E-state index is 0.356. The van der Waals surface area contributed by atoms with Crippen molar-refractivity contribution in [3.63, 3.8) is 0 Å². The highest BCUT2D eigenvalue weighted by Gasteiger charge is 2.13. The molecule has 0 aliphatic rings. The lowest BCUT2D eigenvalue weighted by atomic mass is 10.00. The number of aliphatic hydroxyl groups excluding tert-OH is 1. The Morgan fingerprint density at radius 1 is 1.29 bits per heavy atom. The number of methoxy groups -OCH3 is 1. The Morgan fingerprint density at radius 2 is 2.00 bits per heavy atom. The standard InChI is InChI=1S/C14H21FO2/c1-10(2)5-4-6-14(16)12-8-7-11(17-3)9-13(12)15/h7-10,14,16H,4-6H2,1-3H3. The molecule has 0 amide bonds.